The molecule has 4 nitrogen and oxygen atoms in total. The Morgan fingerprint density at radius 2 is 2.05 bits per heavy atom. The fourth-order valence-corrected chi connectivity index (χ4v) is 2.52. The summed E-state index contributed by atoms with van der Waals surface area (Å²) in [6.07, 6.45) is 3.46. The molecule has 0 saturated heterocycles. The largest absolute Gasteiger partial charge is 0.393 e. The number of amides is 2. The quantitative estimate of drug-likeness (QED) is 0.798. The van der Waals surface area contributed by atoms with Crippen molar-refractivity contribution in [3.8, 4) is 0 Å². The van der Waals surface area contributed by atoms with Crippen molar-refractivity contribution in [1.29, 1.82) is 0 Å². The molecule has 0 aliphatic heterocycles. The summed E-state index contributed by atoms with van der Waals surface area (Å²) in [4.78, 5) is 11.7. The first-order chi connectivity index (χ1) is 9.13. The summed E-state index contributed by atoms with van der Waals surface area (Å²) in [5, 5.41) is 15.6. The number of benzene rings is 1. The fourth-order valence-electron chi connectivity index (χ4n) is 2.33. The molecule has 1 aromatic carbocycles. The summed E-state index contributed by atoms with van der Waals surface area (Å²) < 4.78 is 0. The number of hydrogen-bond donors (Lipinski definition) is 3. The molecule has 1 saturated carbocycles. The second-order valence-corrected chi connectivity index (χ2v) is 5.46. The molecule has 5 heteroatoms. The van der Waals surface area contributed by atoms with Crippen LogP contribution in [0.15, 0.2) is 24.3 Å². The van der Waals surface area contributed by atoms with Gasteiger partial charge in [-0.1, -0.05) is 17.7 Å². The van der Waals surface area contributed by atoms with Crippen LogP contribution in [0.25, 0.3) is 0 Å². The third kappa shape index (κ3) is 4.73. The molecular weight excluding hydrogens is 264 g/mol. The Kier molecular flexibility index (Phi) is 5.05. The number of halogens is 1. The summed E-state index contributed by atoms with van der Waals surface area (Å²) in [6.45, 7) is 0.652. The lowest BCUT2D eigenvalue weighted by molar-refractivity contribution is 0.109. The van der Waals surface area contributed by atoms with Gasteiger partial charge in [-0.15, -0.1) is 0 Å². The lowest BCUT2D eigenvalue weighted by Crippen LogP contribution is -2.34. The van der Waals surface area contributed by atoms with E-state index in [1.807, 2.05) is 0 Å². The lowest BCUT2D eigenvalue weighted by Gasteiger charge is -2.25. The number of carbonyl (C=O) groups excluding carboxylic acids is 1. The van der Waals surface area contributed by atoms with E-state index in [1.54, 1.807) is 24.3 Å². The summed E-state index contributed by atoms with van der Waals surface area (Å²) >= 11 is 5.85. The highest BCUT2D eigenvalue weighted by Gasteiger charge is 2.19. The highest BCUT2D eigenvalue weighted by molar-refractivity contribution is 6.30. The highest BCUT2D eigenvalue weighted by atomic mass is 35.5. The molecule has 1 aliphatic carbocycles. The number of aliphatic hydroxyl groups excluding tert-OH is 1. The number of urea groups is 1. The molecule has 2 amide bonds. The van der Waals surface area contributed by atoms with Crippen LogP contribution in [0.5, 0.6) is 0 Å². The first kappa shape index (κ1) is 14.2. The molecule has 0 aromatic heterocycles. The summed E-state index contributed by atoms with van der Waals surface area (Å²) in [5.41, 5.74) is 0.684. The minimum absolute atomic E-state index is 0.156. The Hall–Kier alpha value is -1.26. The Morgan fingerprint density at radius 3 is 2.74 bits per heavy atom. The van der Waals surface area contributed by atoms with Crippen molar-refractivity contribution >= 4 is 23.3 Å². The van der Waals surface area contributed by atoms with Gasteiger partial charge in [0.05, 0.1) is 6.10 Å². The van der Waals surface area contributed by atoms with E-state index < -0.39 is 0 Å². The molecule has 0 unspecified atom stereocenters. The Labute approximate surface area is 118 Å². The zero-order valence-corrected chi connectivity index (χ0v) is 11.5. The zero-order valence-electron chi connectivity index (χ0n) is 10.7. The molecule has 0 heterocycles. The first-order valence-electron chi connectivity index (χ1n) is 6.62. The minimum Gasteiger partial charge on any atom is -0.393 e. The molecule has 0 atom stereocenters. The summed E-state index contributed by atoms with van der Waals surface area (Å²) in [5.74, 6) is 0.466. The Balaban J connectivity index is 1.73. The molecule has 0 spiro atoms. The predicted octanol–water partition coefficient (Wildman–Crippen LogP) is 3.01. The molecule has 1 aliphatic rings. The second-order valence-electron chi connectivity index (χ2n) is 5.02. The predicted molar refractivity (Wildman–Crippen MR) is 76.4 cm³/mol. The molecule has 1 aromatic rings. The zero-order chi connectivity index (χ0) is 13.7. The van der Waals surface area contributed by atoms with Crippen molar-refractivity contribution in [3.05, 3.63) is 29.3 Å². The van der Waals surface area contributed by atoms with E-state index in [4.69, 9.17) is 11.6 Å². The van der Waals surface area contributed by atoms with Crippen LogP contribution in [0.2, 0.25) is 5.02 Å². The topological polar surface area (TPSA) is 61.4 Å². The van der Waals surface area contributed by atoms with Gasteiger partial charge in [-0.05, 0) is 49.8 Å². The fraction of sp³-hybridized carbons (Fsp3) is 0.500. The van der Waals surface area contributed by atoms with Gasteiger partial charge in [-0.3, -0.25) is 0 Å². The van der Waals surface area contributed by atoms with Crippen molar-refractivity contribution in [2.24, 2.45) is 5.92 Å². The van der Waals surface area contributed by atoms with Gasteiger partial charge >= 0.3 is 6.03 Å². The average molecular weight is 283 g/mol. The Morgan fingerprint density at radius 1 is 1.32 bits per heavy atom. The maximum Gasteiger partial charge on any atom is 0.319 e. The second kappa shape index (κ2) is 6.78. The van der Waals surface area contributed by atoms with E-state index in [2.05, 4.69) is 10.6 Å². The number of hydrogen-bond acceptors (Lipinski definition) is 2. The van der Waals surface area contributed by atoms with Crippen LogP contribution in [-0.4, -0.2) is 23.8 Å². The van der Waals surface area contributed by atoms with Gasteiger partial charge in [0.25, 0.3) is 0 Å². The van der Waals surface area contributed by atoms with Crippen molar-refractivity contribution in [1.82, 2.24) is 5.32 Å². The normalized spacial score (nSPS) is 22.8. The van der Waals surface area contributed by atoms with Crippen molar-refractivity contribution in [2.45, 2.75) is 31.8 Å². The van der Waals surface area contributed by atoms with Crippen molar-refractivity contribution < 1.29 is 9.90 Å². The van der Waals surface area contributed by atoms with Gasteiger partial charge in [-0.2, -0.15) is 0 Å². The highest BCUT2D eigenvalue weighted by Crippen LogP contribution is 2.23. The number of anilines is 1. The van der Waals surface area contributed by atoms with Gasteiger partial charge in [0, 0.05) is 17.3 Å². The smallest absolute Gasteiger partial charge is 0.319 e. The van der Waals surface area contributed by atoms with Gasteiger partial charge in [0.2, 0.25) is 0 Å². The number of aliphatic hydroxyl groups is 1. The maximum atomic E-state index is 11.7. The first-order valence-corrected chi connectivity index (χ1v) is 7.00. The molecule has 0 radical (unpaired) electrons. The third-order valence-corrected chi connectivity index (χ3v) is 3.69. The van der Waals surface area contributed by atoms with Crippen LogP contribution in [0, 0.1) is 5.92 Å². The van der Waals surface area contributed by atoms with Crippen LogP contribution in [0.1, 0.15) is 25.7 Å². The van der Waals surface area contributed by atoms with E-state index >= 15 is 0 Å². The lowest BCUT2D eigenvalue weighted by atomic mass is 9.87. The van der Waals surface area contributed by atoms with Crippen LogP contribution >= 0.6 is 11.6 Å². The molecule has 0 bridgehead atoms. The van der Waals surface area contributed by atoms with E-state index in [0.717, 1.165) is 25.7 Å². The van der Waals surface area contributed by atoms with Gasteiger partial charge in [-0.25, -0.2) is 4.79 Å². The van der Waals surface area contributed by atoms with Crippen LogP contribution in [0.4, 0.5) is 10.5 Å². The van der Waals surface area contributed by atoms with Crippen LogP contribution in [0.3, 0.4) is 0 Å². The van der Waals surface area contributed by atoms with Crippen molar-refractivity contribution in [2.75, 3.05) is 11.9 Å². The summed E-state index contributed by atoms with van der Waals surface area (Å²) in [7, 11) is 0. The number of nitrogens with one attached hydrogen (secondary N) is 2. The monoisotopic (exact) mass is 282 g/mol. The minimum atomic E-state index is -0.214. The van der Waals surface area contributed by atoms with Gasteiger partial charge < -0.3 is 15.7 Å². The van der Waals surface area contributed by atoms with Crippen LogP contribution < -0.4 is 10.6 Å². The molecule has 19 heavy (non-hydrogen) atoms. The molecule has 3 N–H and O–H groups in total. The van der Waals surface area contributed by atoms with E-state index in [0.29, 0.717) is 23.2 Å². The molecule has 104 valence electrons. The van der Waals surface area contributed by atoms with E-state index in [-0.39, 0.29) is 12.1 Å². The average Bonchev–Trinajstić information content (AvgIpc) is 2.38. The van der Waals surface area contributed by atoms with E-state index in [1.165, 1.54) is 0 Å². The van der Waals surface area contributed by atoms with Crippen molar-refractivity contribution in [3.63, 3.8) is 0 Å². The van der Waals surface area contributed by atoms with Gasteiger partial charge in [0.15, 0.2) is 0 Å². The van der Waals surface area contributed by atoms with Gasteiger partial charge in [0.1, 0.15) is 0 Å². The number of rotatable bonds is 3. The molecule has 2 rings (SSSR count). The SMILES string of the molecule is O=C(NCC1CCC(O)CC1)Nc1cccc(Cl)c1. The number of carbonyl (C=O) groups is 1. The van der Waals surface area contributed by atoms with E-state index in [9.17, 15) is 9.90 Å². The third-order valence-electron chi connectivity index (χ3n) is 3.45. The standard InChI is InChI=1S/C14H19ClN2O2/c15-11-2-1-3-12(8-11)17-14(19)16-9-10-4-6-13(18)7-5-10/h1-3,8,10,13,18H,4-7,9H2,(H2,16,17,19). The summed E-state index contributed by atoms with van der Waals surface area (Å²) in [6, 6.07) is 6.84. The molecule has 1 fully saturated rings. The molecular formula is C14H19ClN2O2. The van der Waals surface area contributed by atoms with Crippen LogP contribution in [-0.2, 0) is 0 Å². The maximum absolute atomic E-state index is 11.7. The Bertz CT molecular complexity index is 431.